The van der Waals surface area contributed by atoms with Gasteiger partial charge < -0.3 is 15.1 Å². The van der Waals surface area contributed by atoms with Gasteiger partial charge in [-0.15, -0.1) is 0 Å². The van der Waals surface area contributed by atoms with Gasteiger partial charge in [0.15, 0.2) is 5.76 Å². The Morgan fingerprint density at radius 2 is 2.33 bits per heavy atom. The average molecular weight is 286 g/mol. The Morgan fingerprint density at radius 3 is 3.14 bits per heavy atom. The van der Waals surface area contributed by atoms with Crippen molar-refractivity contribution in [1.29, 1.82) is 0 Å². The maximum absolute atomic E-state index is 12.1. The summed E-state index contributed by atoms with van der Waals surface area (Å²) in [5.74, 6) is 0.961. The van der Waals surface area contributed by atoms with E-state index in [1.165, 1.54) is 18.4 Å². The molecule has 3 rings (SSSR count). The van der Waals surface area contributed by atoms with Crippen molar-refractivity contribution in [2.75, 3.05) is 19.6 Å². The van der Waals surface area contributed by atoms with E-state index < -0.39 is 0 Å². The van der Waals surface area contributed by atoms with Gasteiger partial charge in [-0.3, -0.25) is 4.79 Å². The maximum atomic E-state index is 12.1. The fourth-order valence-corrected chi connectivity index (χ4v) is 2.92. The zero-order valence-electron chi connectivity index (χ0n) is 12.4. The van der Waals surface area contributed by atoms with Crippen LogP contribution in [0, 0.1) is 12.8 Å². The van der Waals surface area contributed by atoms with Crippen LogP contribution in [-0.2, 0) is 0 Å². The summed E-state index contributed by atoms with van der Waals surface area (Å²) in [5, 5.41) is 7.34. The highest BCUT2D eigenvalue weighted by Gasteiger charge is 2.15. The van der Waals surface area contributed by atoms with Crippen molar-refractivity contribution in [3.63, 3.8) is 0 Å². The molecule has 0 radical (unpaired) electrons. The molecule has 2 N–H and O–H groups in total. The lowest BCUT2D eigenvalue weighted by atomic mass is 9.96. The van der Waals surface area contributed by atoms with Crippen LogP contribution in [0.15, 0.2) is 28.7 Å². The van der Waals surface area contributed by atoms with Crippen molar-refractivity contribution >= 4 is 16.9 Å². The summed E-state index contributed by atoms with van der Waals surface area (Å²) in [6, 6.07) is 7.75. The van der Waals surface area contributed by atoms with Crippen LogP contribution in [0.3, 0.4) is 0 Å². The van der Waals surface area contributed by atoms with Gasteiger partial charge in [0.25, 0.3) is 5.91 Å². The summed E-state index contributed by atoms with van der Waals surface area (Å²) in [4.78, 5) is 12.1. The van der Waals surface area contributed by atoms with Gasteiger partial charge in [-0.1, -0.05) is 11.6 Å². The summed E-state index contributed by atoms with van der Waals surface area (Å²) in [6.45, 7) is 4.94. The molecule has 2 heterocycles. The van der Waals surface area contributed by atoms with Gasteiger partial charge in [0.2, 0.25) is 0 Å². The summed E-state index contributed by atoms with van der Waals surface area (Å²) >= 11 is 0. The van der Waals surface area contributed by atoms with Crippen LogP contribution >= 0.6 is 0 Å². The van der Waals surface area contributed by atoms with Crippen molar-refractivity contribution in [2.45, 2.75) is 26.2 Å². The number of piperidine rings is 1. The third-order valence-corrected chi connectivity index (χ3v) is 4.13. The first kappa shape index (κ1) is 14.1. The van der Waals surface area contributed by atoms with Crippen molar-refractivity contribution in [2.24, 2.45) is 5.92 Å². The Morgan fingerprint density at radius 1 is 1.43 bits per heavy atom. The zero-order chi connectivity index (χ0) is 14.7. The molecular formula is C17H22N2O2. The molecule has 1 unspecified atom stereocenters. The van der Waals surface area contributed by atoms with Crippen molar-refractivity contribution in [1.82, 2.24) is 10.6 Å². The van der Waals surface area contributed by atoms with E-state index in [1.807, 2.05) is 31.2 Å². The molecule has 0 saturated carbocycles. The molecule has 1 aromatic heterocycles. The molecule has 0 aliphatic carbocycles. The molecule has 4 nitrogen and oxygen atoms in total. The number of furan rings is 1. The van der Waals surface area contributed by atoms with E-state index in [9.17, 15) is 4.79 Å². The molecule has 1 aliphatic rings. The quantitative estimate of drug-likeness (QED) is 0.908. The number of rotatable bonds is 4. The predicted octanol–water partition coefficient (Wildman–Crippen LogP) is 2.86. The molecule has 112 valence electrons. The Kier molecular flexibility index (Phi) is 4.25. The minimum absolute atomic E-state index is 0.118. The molecule has 0 spiro atoms. The standard InChI is InChI=1S/C17H22N2O2/c1-12-4-5-15-14(9-12)10-16(21-15)17(20)19-8-6-13-3-2-7-18-11-13/h4-5,9-10,13,18H,2-3,6-8,11H2,1H3,(H,19,20). The van der Waals surface area contributed by atoms with Crippen molar-refractivity contribution in [3.8, 4) is 0 Å². The Bertz CT molecular complexity index is 627. The Hall–Kier alpha value is -1.81. The smallest absolute Gasteiger partial charge is 0.287 e. The SMILES string of the molecule is Cc1ccc2oc(C(=O)NCCC3CCCNC3)cc2c1. The molecule has 1 saturated heterocycles. The number of nitrogens with one attached hydrogen (secondary N) is 2. The third kappa shape index (κ3) is 3.45. The summed E-state index contributed by atoms with van der Waals surface area (Å²) < 4.78 is 5.60. The highest BCUT2D eigenvalue weighted by molar-refractivity contribution is 5.96. The molecular weight excluding hydrogens is 264 g/mol. The highest BCUT2D eigenvalue weighted by atomic mass is 16.3. The van der Waals surface area contributed by atoms with Gasteiger partial charge in [-0.25, -0.2) is 0 Å². The molecule has 1 aromatic carbocycles. The summed E-state index contributed by atoms with van der Waals surface area (Å²) in [6.07, 6.45) is 3.52. The Balaban J connectivity index is 1.56. The van der Waals surface area contributed by atoms with Crippen LogP contribution in [0.25, 0.3) is 11.0 Å². The second-order valence-electron chi connectivity index (χ2n) is 5.91. The van der Waals surface area contributed by atoms with Gasteiger partial charge >= 0.3 is 0 Å². The predicted molar refractivity (Wildman–Crippen MR) is 83.5 cm³/mol. The largest absolute Gasteiger partial charge is 0.451 e. The van der Waals surface area contributed by atoms with Crippen LogP contribution in [0.1, 0.15) is 35.4 Å². The zero-order valence-corrected chi connectivity index (χ0v) is 12.4. The van der Waals surface area contributed by atoms with Gasteiger partial charge in [0.05, 0.1) is 0 Å². The van der Waals surface area contributed by atoms with Gasteiger partial charge in [0, 0.05) is 11.9 Å². The topological polar surface area (TPSA) is 54.3 Å². The van der Waals surface area contributed by atoms with E-state index >= 15 is 0 Å². The number of amides is 1. The third-order valence-electron chi connectivity index (χ3n) is 4.13. The molecule has 0 bridgehead atoms. The first-order valence-electron chi connectivity index (χ1n) is 7.71. The lowest BCUT2D eigenvalue weighted by molar-refractivity contribution is 0.0925. The number of hydrogen-bond acceptors (Lipinski definition) is 3. The number of carbonyl (C=O) groups excluding carboxylic acids is 1. The summed E-state index contributed by atoms with van der Waals surface area (Å²) in [5.41, 5.74) is 1.93. The molecule has 1 amide bonds. The Labute approximate surface area is 124 Å². The molecule has 21 heavy (non-hydrogen) atoms. The lowest BCUT2D eigenvalue weighted by Gasteiger charge is -2.22. The second kappa shape index (κ2) is 6.31. The lowest BCUT2D eigenvalue weighted by Crippen LogP contribution is -2.33. The molecule has 4 heteroatoms. The molecule has 1 aliphatic heterocycles. The van der Waals surface area contributed by atoms with Crippen LogP contribution in [-0.4, -0.2) is 25.5 Å². The first-order chi connectivity index (χ1) is 10.2. The normalized spacial score (nSPS) is 18.8. The number of fused-ring (bicyclic) bond motifs is 1. The minimum atomic E-state index is -0.118. The van der Waals surface area contributed by atoms with Crippen LogP contribution in [0.4, 0.5) is 0 Å². The maximum Gasteiger partial charge on any atom is 0.287 e. The number of carbonyl (C=O) groups is 1. The molecule has 1 atom stereocenters. The van der Waals surface area contributed by atoms with Crippen LogP contribution in [0.5, 0.6) is 0 Å². The monoisotopic (exact) mass is 286 g/mol. The van der Waals surface area contributed by atoms with E-state index in [1.54, 1.807) is 0 Å². The van der Waals surface area contributed by atoms with Gasteiger partial charge in [0.1, 0.15) is 5.58 Å². The summed E-state index contributed by atoms with van der Waals surface area (Å²) in [7, 11) is 0. The van der Waals surface area contributed by atoms with Crippen molar-refractivity contribution in [3.05, 3.63) is 35.6 Å². The van der Waals surface area contributed by atoms with Gasteiger partial charge in [-0.05, 0) is 63.4 Å². The molecule has 1 fully saturated rings. The number of hydrogen-bond donors (Lipinski definition) is 2. The van der Waals surface area contributed by atoms with Crippen LogP contribution < -0.4 is 10.6 Å². The fourth-order valence-electron chi connectivity index (χ4n) is 2.92. The van der Waals surface area contributed by atoms with Gasteiger partial charge in [-0.2, -0.15) is 0 Å². The van der Waals surface area contributed by atoms with E-state index in [2.05, 4.69) is 10.6 Å². The fraction of sp³-hybridized carbons (Fsp3) is 0.471. The van der Waals surface area contributed by atoms with E-state index in [0.29, 0.717) is 18.2 Å². The first-order valence-corrected chi connectivity index (χ1v) is 7.71. The minimum Gasteiger partial charge on any atom is -0.451 e. The number of aryl methyl sites for hydroxylation is 1. The average Bonchev–Trinajstić information content (AvgIpc) is 2.91. The van der Waals surface area contributed by atoms with Crippen LogP contribution in [0.2, 0.25) is 0 Å². The second-order valence-corrected chi connectivity index (χ2v) is 5.91. The highest BCUT2D eigenvalue weighted by Crippen LogP contribution is 2.20. The molecule has 2 aromatic rings. The van der Waals surface area contributed by atoms with E-state index in [4.69, 9.17) is 4.42 Å². The van der Waals surface area contributed by atoms with E-state index in [-0.39, 0.29) is 5.91 Å². The van der Waals surface area contributed by atoms with E-state index in [0.717, 1.165) is 30.5 Å². The van der Waals surface area contributed by atoms with Crippen molar-refractivity contribution < 1.29 is 9.21 Å². The number of benzene rings is 1.